The van der Waals surface area contributed by atoms with Crippen molar-refractivity contribution in [2.45, 2.75) is 61.8 Å². The summed E-state index contributed by atoms with van der Waals surface area (Å²) >= 11 is 13.6. The molecule has 0 saturated carbocycles. The van der Waals surface area contributed by atoms with E-state index in [-0.39, 0.29) is 26.9 Å². The van der Waals surface area contributed by atoms with E-state index in [0.29, 0.717) is 11.4 Å². The van der Waals surface area contributed by atoms with Crippen LogP contribution in [0.25, 0.3) is 0 Å². The zero-order valence-corrected chi connectivity index (χ0v) is 17.8. The van der Waals surface area contributed by atoms with Gasteiger partial charge in [-0.05, 0) is 44.2 Å². The molecule has 0 spiro atoms. The van der Waals surface area contributed by atoms with Gasteiger partial charge in [-0.2, -0.15) is 11.8 Å². The molecule has 1 aromatic rings. The molecule has 0 fully saturated rings. The Hall–Kier alpha value is -0.230. The lowest BCUT2D eigenvalue weighted by Crippen LogP contribution is -2.40. The molecular formula is C17H24Cl2O3S2. The number of rotatable bonds is 7. The van der Waals surface area contributed by atoms with Crippen LogP contribution in [0.4, 0.5) is 0 Å². The molecule has 0 heterocycles. The monoisotopic (exact) mass is 410 g/mol. The Labute approximate surface area is 159 Å². The number of hydrogen-bond donors (Lipinski definition) is 0. The Morgan fingerprint density at radius 1 is 1.12 bits per heavy atom. The summed E-state index contributed by atoms with van der Waals surface area (Å²) < 4.78 is 24.3. The number of thioether (sulfide) groups is 1. The summed E-state index contributed by atoms with van der Waals surface area (Å²) in [6.45, 7) is 9.20. The molecule has 0 aliphatic rings. The first kappa shape index (κ1) is 21.8. The van der Waals surface area contributed by atoms with E-state index >= 15 is 0 Å². The number of Topliss-reactive ketones (excluding diaryl/α,β-unsaturated/α-hetero) is 1. The van der Waals surface area contributed by atoms with Crippen LogP contribution in [0.2, 0.25) is 10.0 Å². The van der Waals surface area contributed by atoms with Crippen molar-refractivity contribution >= 4 is 50.6 Å². The molecule has 24 heavy (non-hydrogen) atoms. The Morgan fingerprint density at radius 2 is 1.71 bits per heavy atom. The first-order chi connectivity index (χ1) is 10.8. The molecule has 0 aliphatic carbocycles. The van der Waals surface area contributed by atoms with Gasteiger partial charge in [-0.3, -0.25) is 4.79 Å². The lowest BCUT2D eigenvalue weighted by Gasteiger charge is -2.24. The number of halogens is 2. The fraction of sp³-hybridized carbons (Fsp3) is 0.588. The third-order valence-electron chi connectivity index (χ3n) is 3.61. The van der Waals surface area contributed by atoms with Gasteiger partial charge in [0.2, 0.25) is 0 Å². The summed E-state index contributed by atoms with van der Waals surface area (Å²) in [5.74, 6) is 0.510. The van der Waals surface area contributed by atoms with Crippen LogP contribution in [0.3, 0.4) is 0 Å². The van der Waals surface area contributed by atoms with E-state index in [1.165, 1.54) is 32.0 Å². The maximum atomic E-state index is 12.9. The van der Waals surface area contributed by atoms with Gasteiger partial charge in [0.05, 0.1) is 9.92 Å². The highest BCUT2D eigenvalue weighted by molar-refractivity contribution is 8.00. The number of benzene rings is 1. The SMILES string of the molecule is CC(C)(C)SCCCC(=O)C(C)(C)S(=O)(=O)c1ccc(Cl)cc1Cl. The summed E-state index contributed by atoms with van der Waals surface area (Å²) in [5, 5.41) is 0.383. The van der Waals surface area contributed by atoms with E-state index < -0.39 is 14.6 Å². The molecule has 0 aromatic heterocycles. The van der Waals surface area contributed by atoms with Crippen LogP contribution >= 0.6 is 35.0 Å². The van der Waals surface area contributed by atoms with Crippen LogP contribution in [0.15, 0.2) is 23.1 Å². The van der Waals surface area contributed by atoms with Gasteiger partial charge in [-0.15, -0.1) is 0 Å². The van der Waals surface area contributed by atoms with E-state index in [1.807, 2.05) is 0 Å². The van der Waals surface area contributed by atoms with E-state index in [2.05, 4.69) is 20.8 Å². The molecule has 0 bridgehead atoms. The van der Waals surface area contributed by atoms with Gasteiger partial charge in [0.15, 0.2) is 15.6 Å². The lowest BCUT2D eigenvalue weighted by atomic mass is 10.0. The van der Waals surface area contributed by atoms with Crippen molar-refractivity contribution in [3.8, 4) is 0 Å². The first-order valence-electron chi connectivity index (χ1n) is 7.66. The van der Waals surface area contributed by atoms with E-state index in [0.717, 1.165) is 5.75 Å². The third kappa shape index (κ3) is 5.38. The number of ketones is 1. The number of hydrogen-bond acceptors (Lipinski definition) is 4. The Bertz CT molecular complexity index is 705. The zero-order chi connectivity index (χ0) is 18.8. The zero-order valence-electron chi connectivity index (χ0n) is 14.7. The molecule has 0 atom stereocenters. The minimum Gasteiger partial charge on any atom is -0.298 e. The highest BCUT2D eigenvalue weighted by atomic mass is 35.5. The van der Waals surface area contributed by atoms with Crippen LogP contribution in [0.1, 0.15) is 47.5 Å². The van der Waals surface area contributed by atoms with Crippen molar-refractivity contribution in [3.05, 3.63) is 28.2 Å². The molecule has 0 unspecified atom stereocenters. The van der Waals surface area contributed by atoms with Gasteiger partial charge < -0.3 is 0 Å². The lowest BCUT2D eigenvalue weighted by molar-refractivity contribution is -0.120. The van der Waals surface area contributed by atoms with Gasteiger partial charge in [0.1, 0.15) is 4.75 Å². The summed E-state index contributed by atoms with van der Waals surface area (Å²) in [7, 11) is -3.90. The van der Waals surface area contributed by atoms with Gasteiger partial charge in [0, 0.05) is 16.2 Å². The third-order valence-corrected chi connectivity index (χ3v) is 8.14. The highest BCUT2D eigenvalue weighted by Gasteiger charge is 2.42. The van der Waals surface area contributed by atoms with Crippen LogP contribution in [-0.2, 0) is 14.6 Å². The molecule has 1 rings (SSSR count). The predicted octanol–water partition coefficient (Wildman–Crippen LogP) is 5.43. The van der Waals surface area contributed by atoms with Crippen LogP contribution in [0.5, 0.6) is 0 Å². The van der Waals surface area contributed by atoms with Crippen molar-refractivity contribution in [2.24, 2.45) is 0 Å². The molecule has 0 amide bonds. The molecule has 3 nitrogen and oxygen atoms in total. The van der Waals surface area contributed by atoms with Gasteiger partial charge in [0.25, 0.3) is 0 Å². The fourth-order valence-corrected chi connectivity index (χ4v) is 5.16. The molecular weight excluding hydrogens is 387 g/mol. The summed E-state index contributed by atoms with van der Waals surface area (Å²) in [6, 6.07) is 4.18. The quantitative estimate of drug-likeness (QED) is 0.562. The fourth-order valence-electron chi connectivity index (χ4n) is 2.03. The van der Waals surface area contributed by atoms with Crippen molar-refractivity contribution in [2.75, 3.05) is 5.75 Å². The highest BCUT2D eigenvalue weighted by Crippen LogP contribution is 2.34. The normalized spacial score (nSPS) is 13.1. The van der Waals surface area contributed by atoms with Crippen molar-refractivity contribution in [3.63, 3.8) is 0 Å². The van der Waals surface area contributed by atoms with Crippen molar-refractivity contribution in [1.82, 2.24) is 0 Å². The topological polar surface area (TPSA) is 51.2 Å². The van der Waals surface area contributed by atoms with Gasteiger partial charge in [-0.25, -0.2) is 8.42 Å². The van der Waals surface area contributed by atoms with Crippen LogP contribution in [0, 0.1) is 0 Å². The smallest absolute Gasteiger partial charge is 0.192 e. The standard InChI is InChI=1S/C17H24Cl2O3S2/c1-16(2,3)23-10-6-7-15(20)17(4,5)24(21,22)14-9-8-12(18)11-13(14)19/h8-9,11H,6-7,10H2,1-5H3. The van der Waals surface area contributed by atoms with Crippen LogP contribution < -0.4 is 0 Å². The second-order valence-corrected chi connectivity index (χ2v) is 12.3. The molecule has 0 saturated heterocycles. The average molecular weight is 411 g/mol. The van der Waals surface area contributed by atoms with E-state index in [9.17, 15) is 13.2 Å². The maximum Gasteiger partial charge on any atom is 0.192 e. The first-order valence-corrected chi connectivity index (χ1v) is 10.9. The number of sulfone groups is 1. The Balaban J connectivity index is 2.90. The largest absolute Gasteiger partial charge is 0.298 e. The van der Waals surface area contributed by atoms with Crippen molar-refractivity contribution in [1.29, 1.82) is 0 Å². The Morgan fingerprint density at radius 3 is 2.21 bits per heavy atom. The second-order valence-electron chi connectivity index (χ2n) is 7.08. The molecule has 0 N–H and O–H groups in total. The minimum atomic E-state index is -3.90. The molecule has 7 heteroatoms. The molecule has 1 aromatic carbocycles. The van der Waals surface area contributed by atoms with E-state index in [1.54, 1.807) is 11.8 Å². The summed E-state index contributed by atoms with van der Waals surface area (Å²) in [6.07, 6.45) is 0.870. The second kappa shape index (κ2) is 7.98. The Kier molecular flexibility index (Phi) is 7.25. The van der Waals surface area contributed by atoms with Gasteiger partial charge >= 0.3 is 0 Å². The molecule has 0 aliphatic heterocycles. The number of carbonyl (C=O) groups is 1. The maximum absolute atomic E-state index is 12.9. The number of carbonyl (C=O) groups excluding carboxylic acids is 1. The minimum absolute atomic E-state index is 0.0339. The molecule has 136 valence electrons. The van der Waals surface area contributed by atoms with Gasteiger partial charge in [-0.1, -0.05) is 44.0 Å². The van der Waals surface area contributed by atoms with E-state index in [4.69, 9.17) is 23.2 Å². The predicted molar refractivity (Wildman–Crippen MR) is 104 cm³/mol. The summed E-state index contributed by atoms with van der Waals surface area (Å²) in [5.41, 5.74) is 0. The molecule has 0 radical (unpaired) electrons. The van der Waals surface area contributed by atoms with Crippen LogP contribution in [-0.4, -0.2) is 29.4 Å². The van der Waals surface area contributed by atoms with Crippen molar-refractivity contribution < 1.29 is 13.2 Å². The average Bonchev–Trinajstić information content (AvgIpc) is 2.41. The summed E-state index contributed by atoms with van der Waals surface area (Å²) in [4.78, 5) is 12.5.